The van der Waals surface area contributed by atoms with Crippen molar-refractivity contribution < 1.29 is 24.6 Å². The van der Waals surface area contributed by atoms with E-state index >= 15 is 0 Å². The minimum absolute atomic E-state index is 0.0384. The zero-order chi connectivity index (χ0) is 49.9. The fourth-order valence-electron chi connectivity index (χ4n) is 11.4. The first-order valence-corrected chi connectivity index (χ1v) is 25.5. The third-order valence-electron chi connectivity index (χ3n) is 15.6. The number of para-hydroxylation sites is 1. The minimum atomic E-state index is -0.845. The van der Waals surface area contributed by atoms with Gasteiger partial charge in [0.05, 0.1) is 35.6 Å². The number of hydrogen-bond acceptors (Lipinski definition) is 14. The standard InChI is InChI=1S/C54H70N12O5/c1-6-36-12-14-37(15-13-36)32-56-50(70)45-28-41(67)35-66(45)51(71)47(53(3,4)5)59-49(69)38-16-18-54(19-17-38)30-39(31-54)62-20-22-63(23-21-62)40-33-57-52(58-34-40)65-26-24-64(25-27-65)44-29-43(60-61-48(44)55-7-2)42-10-8-9-11-46(42)68/h1,8-15,29,33-34,38-39,41,45,47,67-68H,7,16-28,30-32,35H2,2-5H3,(H,55,61)(H,56,70)(H,59,69)/t38-,39-,41-,45+,47-,54?/m1/s1. The highest BCUT2D eigenvalue weighted by Gasteiger charge is 2.50. The van der Waals surface area contributed by atoms with Crippen LogP contribution in [0.25, 0.3) is 11.3 Å². The zero-order valence-electron chi connectivity index (χ0n) is 41.7. The first kappa shape index (κ1) is 49.5. The molecule has 376 valence electrons. The highest BCUT2D eigenvalue weighted by molar-refractivity contribution is 5.93. The number of amides is 3. The number of rotatable bonds is 13. The summed E-state index contributed by atoms with van der Waals surface area (Å²) in [6.07, 6.45) is 14.6. The topological polar surface area (TPSA) is 196 Å². The number of aromatic nitrogens is 4. The van der Waals surface area contributed by atoms with E-state index < -0.39 is 23.6 Å². The van der Waals surface area contributed by atoms with E-state index in [4.69, 9.17) is 16.4 Å². The van der Waals surface area contributed by atoms with Crippen LogP contribution in [0.2, 0.25) is 0 Å². The van der Waals surface area contributed by atoms with E-state index in [2.05, 4.69) is 51.7 Å². The lowest BCUT2D eigenvalue weighted by atomic mass is 9.56. The summed E-state index contributed by atoms with van der Waals surface area (Å²) in [5.41, 5.74) is 4.56. The Morgan fingerprint density at radius 2 is 1.54 bits per heavy atom. The average Bonchev–Trinajstić information content (AvgIpc) is 3.78. The van der Waals surface area contributed by atoms with E-state index in [-0.39, 0.29) is 54.3 Å². The van der Waals surface area contributed by atoms with Gasteiger partial charge >= 0.3 is 0 Å². The highest BCUT2D eigenvalue weighted by atomic mass is 16.3. The van der Waals surface area contributed by atoms with Gasteiger partial charge in [0.25, 0.3) is 0 Å². The van der Waals surface area contributed by atoms with Gasteiger partial charge in [-0.15, -0.1) is 16.6 Å². The predicted octanol–water partition coefficient (Wildman–Crippen LogP) is 4.65. The molecule has 71 heavy (non-hydrogen) atoms. The van der Waals surface area contributed by atoms with Gasteiger partial charge in [0.15, 0.2) is 5.82 Å². The van der Waals surface area contributed by atoms with Crippen LogP contribution in [0.3, 0.4) is 0 Å². The van der Waals surface area contributed by atoms with Gasteiger partial charge in [-0.2, -0.15) is 0 Å². The number of hydrogen-bond donors (Lipinski definition) is 5. The molecule has 3 saturated heterocycles. The van der Waals surface area contributed by atoms with Crippen LogP contribution in [0.15, 0.2) is 67.0 Å². The van der Waals surface area contributed by atoms with Gasteiger partial charge in [-0.25, -0.2) is 9.97 Å². The molecule has 4 aromatic rings. The molecule has 5 aliphatic rings. The monoisotopic (exact) mass is 967 g/mol. The Labute approximate surface area is 417 Å². The van der Waals surface area contributed by atoms with Crippen molar-refractivity contribution in [3.8, 4) is 29.4 Å². The molecule has 0 bridgehead atoms. The molecule has 1 spiro atoms. The van der Waals surface area contributed by atoms with Crippen molar-refractivity contribution >= 4 is 40.9 Å². The normalized spacial score (nSPS) is 24.2. The molecule has 0 unspecified atom stereocenters. The molecule has 3 aliphatic heterocycles. The molecule has 17 nitrogen and oxygen atoms in total. The number of phenols is 1. The molecule has 2 saturated carbocycles. The smallest absolute Gasteiger partial charge is 0.246 e. The number of anilines is 4. The third-order valence-corrected chi connectivity index (χ3v) is 15.6. The van der Waals surface area contributed by atoms with Crippen molar-refractivity contribution in [3.63, 3.8) is 0 Å². The Balaban J connectivity index is 0.713. The fourth-order valence-corrected chi connectivity index (χ4v) is 11.4. The lowest BCUT2D eigenvalue weighted by molar-refractivity contribution is -0.145. The molecule has 2 aromatic heterocycles. The maximum absolute atomic E-state index is 14.2. The predicted molar refractivity (Wildman–Crippen MR) is 275 cm³/mol. The van der Waals surface area contributed by atoms with Gasteiger partial charge < -0.3 is 45.8 Å². The van der Waals surface area contributed by atoms with Crippen molar-refractivity contribution in [3.05, 3.63) is 78.1 Å². The van der Waals surface area contributed by atoms with E-state index in [1.807, 2.05) is 82.6 Å². The quantitative estimate of drug-likeness (QED) is 0.116. The van der Waals surface area contributed by atoms with Gasteiger partial charge in [-0.1, -0.05) is 51.0 Å². The summed E-state index contributed by atoms with van der Waals surface area (Å²) in [6, 6.07) is 15.4. The zero-order valence-corrected chi connectivity index (χ0v) is 41.7. The fraction of sp³-hybridized carbons (Fsp3) is 0.537. The number of aliphatic hydroxyl groups excluding tert-OH is 1. The first-order valence-electron chi connectivity index (χ1n) is 25.5. The Morgan fingerprint density at radius 1 is 0.873 bits per heavy atom. The average molecular weight is 967 g/mol. The summed E-state index contributed by atoms with van der Waals surface area (Å²) < 4.78 is 0. The molecular weight excluding hydrogens is 897 g/mol. The summed E-state index contributed by atoms with van der Waals surface area (Å²) in [5.74, 6) is 3.27. The van der Waals surface area contributed by atoms with Crippen molar-refractivity contribution in [2.75, 3.05) is 85.5 Å². The van der Waals surface area contributed by atoms with Crippen molar-refractivity contribution in [1.29, 1.82) is 0 Å². The number of piperazine rings is 2. The molecular formula is C54H70N12O5. The van der Waals surface area contributed by atoms with Gasteiger partial charge in [0, 0.05) is 101 Å². The first-order chi connectivity index (χ1) is 34.2. The highest BCUT2D eigenvalue weighted by Crippen LogP contribution is 2.54. The summed E-state index contributed by atoms with van der Waals surface area (Å²) in [6.45, 7) is 15.7. The molecule has 0 radical (unpaired) electrons. The third kappa shape index (κ3) is 11.0. The number of likely N-dealkylation sites (tertiary alicyclic amines) is 1. The molecule has 2 aromatic carbocycles. The largest absolute Gasteiger partial charge is 0.507 e. The maximum atomic E-state index is 14.2. The molecule has 2 aliphatic carbocycles. The van der Waals surface area contributed by atoms with Crippen LogP contribution in [0.4, 0.5) is 23.1 Å². The molecule has 3 atom stereocenters. The van der Waals surface area contributed by atoms with Crippen LogP contribution in [0.1, 0.15) is 83.8 Å². The Bertz CT molecular complexity index is 2550. The van der Waals surface area contributed by atoms with Crippen LogP contribution >= 0.6 is 0 Å². The number of β-amino-alcohol motifs (C(OH)–C–C–N with tert-alkyl or cyclic N) is 1. The van der Waals surface area contributed by atoms with Crippen molar-refractivity contribution in [2.24, 2.45) is 16.7 Å². The second-order valence-electron chi connectivity index (χ2n) is 21.3. The summed E-state index contributed by atoms with van der Waals surface area (Å²) in [4.78, 5) is 62.2. The number of nitrogens with one attached hydrogen (secondary N) is 3. The molecule has 9 rings (SSSR count). The van der Waals surface area contributed by atoms with Crippen LogP contribution in [-0.4, -0.2) is 148 Å². The van der Waals surface area contributed by atoms with E-state index in [1.165, 1.54) is 4.90 Å². The van der Waals surface area contributed by atoms with Crippen LogP contribution in [0.5, 0.6) is 5.75 Å². The number of nitrogens with zero attached hydrogens (tertiary/aromatic N) is 9. The molecule has 17 heteroatoms. The Hall–Kier alpha value is -6.51. The van der Waals surface area contributed by atoms with Crippen LogP contribution < -0.4 is 30.7 Å². The minimum Gasteiger partial charge on any atom is -0.507 e. The van der Waals surface area contributed by atoms with Gasteiger partial charge in [0.2, 0.25) is 23.7 Å². The number of phenolic OH excluding ortho intramolecular Hbond substituents is 1. The van der Waals surface area contributed by atoms with E-state index in [0.717, 1.165) is 132 Å². The number of aromatic hydroxyl groups is 1. The summed E-state index contributed by atoms with van der Waals surface area (Å²) in [5, 5.41) is 39.4. The number of carbonyl (C=O) groups is 3. The molecule has 3 amide bonds. The lowest BCUT2D eigenvalue weighted by Crippen LogP contribution is -2.59. The SMILES string of the molecule is C#Cc1ccc(CNC(=O)[C@@H]2C[C@@H](O)CN2C(=O)[C@@H](NC(=O)[C@H]2CCC3(CC2)C[C@H](N2CCN(c4cnc(N5CCN(c6cc(-c7ccccc7O)nnc6NCC)CC5)nc4)CC2)C3)C(C)(C)C)cc1. The second-order valence-corrected chi connectivity index (χ2v) is 21.3. The lowest BCUT2D eigenvalue weighted by Gasteiger charge is -2.56. The Kier molecular flexibility index (Phi) is 14.7. The van der Waals surface area contributed by atoms with Gasteiger partial charge in [-0.05, 0) is 92.2 Å². The number of benzene rings is 2. The van der Waals surface area contributed by atoms with Gasteiger partial charge in [0.1, 0.15) is 17.8 Å². The van der Waals surface area contributed by atoms with Gasteiger partial charge in [-0.3, -0.25) is 19.3 Å². The molecule has 5 N–H and O–H groups in total. The molecule has 5 heterocycles. The van der Waals surface area contributed by atoms with Crippen LogP contribution in [0, 0.1) is 29.1 Å². The summed E-state index contributed by atoms with van der Waals surface area (Å²) in [7, 11) is 0. The number of aliphatic hydroxyl groups is 1. The van der Waals surface area contributed by atoms with Crippen LogP contribution in [-0.2, 0) is 20.9 Å². The van der Waals surface area contributed by atoms with Crippen molar-refractivity contribution in [1.82, 2.24) is 40.6 Å². The number of terminal acetylenes is 1. The molecule has 5 fully saturated rings. The summed E-state index contributed by atoms with van der Waals surface area (Å²) >= 11 is 0. The van der Waals surface area contributed by atoms with E-state index in [9.17, 15) is 24.6 Å². The van der Waals surface area contributed by atoms with Crippen molar-refractivity contribution in [2.45, 2.75) is 103 Å². The maximum Gasteiger partial charge on any atom is 0.246 e. The van der Waals surface area contributed by atoms with E-state index in [1.54, 1.807) is 12.1 Å². The number of carbonyl (C=O) groups excluding carboxylic acids is 3. The van der Waals surface area contributed by atoms with E-state index in [0.29, 0.717) is 17.3 Å². The Morgan fingerprint density at radius 3 is 2.18 bits per heavy atom. The second kappa shape index (κ2) is 21.1.